The van der Waals surface area contributed by atoms with Gasteiger partial charge in [-0.25, -0.2) is 4.79 Å². The van der Waals surface area contributed by atoms with Crippen LogP contribution >= 0.6 is 0 Å². The molecule has 4 aliphatic heterocycles. The highest BCUT2D eigenvalue weighted by Gasteiger charge is 2.65. The van der Waals surface area contributed by atoms with Gasteiger partial charge in [0.1, 0.15) is 55.1 Å². The van der Waals surface area contributed by atoms with Crippen molar-refractivity contribution in [3.8, 4) is 11.5 Å². The van der Waals surface area contributed by atoms with Crippen molar-refractivity contribution in [2.75, 3.05) is 33.9 Å². The Hall–Kier alpha value is -2.57. The zero-order chi connectivity index (χ0) is 31.8. The van der Waals surface area contributed by atoms with Crippen LogP contribution in [0, 0.1) is 5.92 Å². The molecule has 0 amide bonds. The van der Waals surface area contributed by atoms with Gasteiger partial charge in [0.25, 0.3) is 0 Å². The number of carbonyl (C=O) groups excluding carboxylic acids is 1. The summed E-state index contributed by atoms with van der Waals surface area (Å²) in [5, 5.41) is 60.2. The minimum atomic E-state index is -1.71. The zero-order valence-electron chi connectivity index (χ0n) is 24.8. The summed E-state index contributed by atoms with van der Waals surface area (Å²) in [6, 6.07) is 4.31. The average Bonchev–Trinajstić information content (AvgIpc) is 3.63. The first kappa shape index (κ1) is 31.1. The predicted octanol–water partition coefficient (Wildman–Crippen LogP) is -1.73. The highest BCUT2D eigenvalue weighted by atomic mass is 16.8. The topological polar surface area (TPSA) is 206 Å². The number of aliphatic hydroxyl groups excluding tert-OH is 6. The smallest absolute Gasteiger partial charge is 0.493 e. The van der Waals surface area contributed by atoms with E-state index in [1.807, 2.05) is 12.1 Å². The Balaban J connectivity index is 1.04. The molecular weight excluding hydrogens is 598 g/mol. The van der Waals surface area contributed by atoms with Crippen molar-refractivity contribution in [3.05, 3.63) is 35.1 Å². The van der Waals surface area contributed by atoms with E-state index < -0.39 is 86.2 Å². The fourth-order valence-corrected chi connectivity index (χ4v) is 8.22. The number of benzene rings is 1. The number of rotatable bonds is 8. The molecule has 45 heavy (non-hydrogen) atoms. The van der Waals surface area contributed by atoms with E-state index in [0.717, 1.165) is 24.9 Å². The number of aliphatic hydroxyl groups is 6. The molecule has 0 radical (unpaired) electrons. The molecule has 5 unspecified atom stereocenters. The maximum Gasteiger partial charge on any atom is 0.513 e. The van der Waals surface area contributed by atoms with Crippen molar-refractivity contribution in [2.24, 2.45) is 5.92 Å². The molecule has 1 spiro atoms. The predicted molar refractivity (Wildman–Crippen MR) is 148 cm³/mol. The largest absolute Gasteiger partial charge is 0.513 e. The molecule has 0 aromatic heterocycles. The standard InChI is InChI=1S/C30H39NO14/c1-31-8-7-30-13-4-6-17(26(30)43-24-16(39-2)5-3-12(19(24)30)9-14(13)31)42-29(38)40-11-18-25(22(36)27(37)41-18)45-28-21(35)20(34)23(44-28)15(33)10-32/h3,5-6,13-15,18,20-23,25-28,32-37H,4,7-11H2,1-2H3/t13?,14-,15?,18-,20-,21+,22-,23-,25+,26?,27?,28?,30+/m1/s1. The number of hydrogen-bond acceptors (Lipinski definition) is 15. The van der Waals surface area contributed by atoms with Crippen molar-refractivity contribution < 1.29 is 68.6 Å². The van der Waals surface area contributed by atoms with Crippen LogP contribution in [0.3, 0.4) is 0 Å². The Labute approximate surface area is 258 Å². The molecular formula is C30H39NO14. The molecule has 15 heteroatoms. The van der Waals surface area contributed by atoms with E-state index in [2.05, 4.69) is 18.0 Å². The van der Waals surface area contributed by atoms with Crippen LogP contribution in [0.25, 0.3) is 0 Å². The number of likely N-dealkylation sites (N-methyl/N-ethyl adjacent to an activating group) is 1. The molecule has 1 aromatic carbocycles. The Morgan fingerprint density at radius 2 is 1.96 bits per heavy atom. The van der Waals surface area contributed by atoms with Gasteiger partial charge in [-0.15, -0.1) is 0 Å². The minimum Gasteiger partial charge on any atom is -0.493 e. The number of allylic oxidation sites excluding steroid dienone is 1. The maximum atomic E-state index is 13.1. The van der Waals surface area contributed by atoms with Gasteiger partial charge in [0.2, 0.25) is 0 Å². The highest BCUT2D eigenvalue weighted by molar-refractivity contribution is 5.65. The summed E-state index contributed by atoms with van der Waals surface area (Å²) in [6.07, 6.45) is -11.0. The normalized spacial score (nSPS) is 42.0. The molecule has 3 fully saturated rings. The van der Waals surface area contributed by atoms with Crippen LogP contribution in [0.1, 0.15) is 24.0 Å². The molecule has 0 saturated carbocycles. The van der Waals surface area contributed by atoms with Crippen molar-refractivity contribution in [1.82, 2.24) is 4.90 Å². The third-order valence-electron chi connectivity index (χ3n) is 10.4. The molecule has 4 heterocycles. The maximum absolute atomic E-state index is 13.1. The zero-order valence-corrected chi connectivity index (χ0v) is 24.8. The van der Waals surface area contributed by atoms with Crippen LogP contribution in [-0.4, -0.2) is 143 Å². The van der Waals surface area contributed by atoms with Crippen LogP contribution in [0.15, 0.2) is 24.0 Å². The molecule has 6 N–H and O–H groups in total. The number of hydrogen-bond donors (Lipinski definition) is 6. The second-order valence-corrected chi connectivity index (χ2v) is 12.6. The average molecular weight is 638 g/mol. The van der Waals surface area contributed by atoms with Gasteiger partial charge in [0.05, 0.1) is 13.7 Å². The molecule has 3 saturated heterocycles. The SMILES string of the molecule is COc1ccc2c3c1OC1C(OC(=O)OC[C@H]4OC(O)[C@H](O)[C@H]4OC4O[C@H](C(O)CO)[C@H](O)[C@@H]4O)=CCC4[C@@H](C2)N(C)CC[C@]314. The van der Waals surface area contributed by atoms with E-state index in [9.17, 15) is 35.4 Å². The quantitative estimate of drug-likeness (QED) is 0.175. The van der Waals surface area contributed by atoms with Crippen molar-refractivity contribution in [2.45, 2.75) is 92.1 Å². The molecule has 7 rings (SSSR count). The van der Waals surface area contributed by atoms with Gasteiger partial charge >= 0.3 is 6.16 Å². The first-order valence-electron chi connectivity index (χ1n) is 15.2. The van der Waals surface area contributed by atoms with E-state index in [-0.39, 0.29) is 5.92 Å². The molecule has 2 bridgehead atoms. The Morgan fingerprint density at radius 3 is 2.71 bits per heavy atom. The summed E-state index contributed by atoms with van der Waals surface area (Å²) >= 11 is 0. The summed E-state index contributed by atoms with van der Waals surface area (Å²) in [5.74, 6) is 1.88. The van der Waals surface area contributed by atoms with E-state index in [0.29, 0.717) is 29.7 Å². The van der Waals surface area contributed by atoms with Crippen molar-refractivity contribution >= 4 is 6.16 Å². The van der Waals surface area contributed by atoms with Gasteiger partial charge in [-0.1, -0.05) is 6.07 Å². The number of piperidine rings is 1. The Bertz CT molecular complexity index is 1340. The fraction of sp³-hybridized carbons (Fsp3) is 0.700. The van der Waals surface area contributed by atoms with Crippen LogP contribution in [0.2, 0.25) is 0 Å². The van der Waals surface area contributed by atoms with Gasteiger partial charge in [-0.3, -0.25) is 0 Å². The first-order valence-corrected chi connectivity index (χ1v) is 15.2. The van der Waals surface area contributed by atoms with Gasteiger partial charge in [-0.05, 0) is 56.5 Å². The van der Waals surface area contributed by atoms with Crippen molar-refractivity contribution in [1.29, 1.82) is 0 Å². The van der Waals surface area contributed by atoms with E-state index >= 15 is 0 Å². The second-order valence-electron chi connectivity index (χ2n) is 12.6. The minimum absolute atomic E-state index is 0.253. The van der Waals surface area contributed by atoms with Gasteiger partial charge in [-0.2, -0.15) is 0 Å². The summed E-state index contributed by atoms with van der Waals surface area (Å²) in [7, 11) is 3.73. The fourth-order valence-electron chi connectivity index (χ4n) is 8.22. The molecule has 248 valence electrons. The lowest BCUT2D eigenvalue weighted by molar-refractivity contribution is -0.221. The molecule has 1 aromatic rings. The summed E-state index contributed by atoms with van der Waals surface area (Å²) < 4.78 is 39.6. The number of carbonyl (C=O) groups is 1. The lowest BCUT2D eigenvalue weighted by Crippen LogP contribution is -2.63. The Kier molecular flexibility index (Phi) is 8.00. The van der Waals surface area contributed by atoms with E-state index in [1.54, 1.807) is 7.11 Å². The number of ether oxygens (including phenoxy) is 7. The Morgan fingerprint density at radius 1 is 1.16 bits per heavy atom. The third-order valence-corrected chi connectivity index (χ3v) is 10.4. The number of likely N-dealkylation sites (tertiary alicyclic amines) is 1. The van der Waals surface area contributed by atoms with Crippen molar-refractivity contribution in [3.63, 3.8) is 0 Å². The highest BCUT2D eigenvalue weighted by Crippen LogP contribution is 2.63. The van der Waals surface area contributed by atoms with Gasteiger partial charge in [0, 0.05) is 17.0 Å². The summed E-state index contributed by atoms with van der Waals surface area (Å²) in [4.78, 5) is 15.4. The molecule has 6 aliphatic rings. The monoisotopic (exact) mass is 637 g/mol. The molecule has 13 atom stereocenters. The van der Waals surface area contributed by atoms with E-state index in [4.69, 9.17) is 33.2 Å². The summed E-state index contributed by atoms with van der Waals surface area (Å²) in [5.41, 5.74) is 1.93. The van der Waals surface area contributed by atoms with Gasteiger partial charge in [0.15, 0.2) is 30.2 Å². The third kappa shape index (κ3) is 4.75. The van der Waals surface area contributed by atoms with Crippen LogP contribution in [-0.2, 0) is 35.5 Å². The second kappa shape index (κ2) is 11.6. The van der Waals surface area contributed by atoms with Crippen LogP contribution < -0.4 is 9.47 Å². The van der Waals surface area contributed by atoms with Gasteiger partial charge < -0.3 is 68.7 Å². The van der Waals surface area contributed by atoms with Crippen LogP contribution in [0.4, 0.5) is 4.79 Å². The molecule has 2 aliphatic carbocycles. The number of nitrogens with zero attached hydrogens (tertiary/aromatic N) is 1. The lowest BCUT2D eigenvalue weighted by Gasteiger charge is -2.56. The first-order chi connectivity index (χ1) is 21.6. The van der Waals surface area contributed by atoms with Crippen LogP contribution in [0.5, 0.6) is 11.5 Å². The number of methoxy groups -OCH3 is 1. The van der Waals surface area contributed by atoms with E-state index in [1.165, 1.54) is 5.56 Å². The lowest BCUT2D eigenvalue weighted by atomic mass is 9.53. The summed E-state index contributed by atoms with van der Waals surface area (Å²) in [6.45, 7) is -0.393. The molecule has 15 nitrogen and oxygen atoms in total.